The van der Waals surface area contributed by atoms with E-state index in [0.29, 0.717) is 18.0 Å². The summed E-state index contributed by atoms with van der Waals surface area (Å²) in [6.45, 7) is 7.66. The van der Waals surface area contributed by atoms with Gasteiger partial charge in [-0.25, -0.2) is 0 Å². The van der Waals surface area contributed by atoms with Crippen LogP contribution in [0.1, 0.15) is 53.6 Å². The highest BCUT2D eigenvalue weighted by Gasteiger charge is 2.28. The number of carbonyl (C=O) groups is 1. The van der Waals surface area contributed by atoms with E-state index in [2.05, 4.69) is 38.8 Å². The van der Waals surface area contributed by atoms with Gasteiger partial charge in [0.15, 0.2) is 0 Å². The van der Waals surface area contributed by atoms with Crippen LogP contribution in [0.15, 0.2) is 34.1 Å². The first kappa shape index (κ1) is 19.1. The maximum Gasteiger partial charge on any atom is 0.252 e. The number of azo groups is 1. The third-order valence-corrected chi connectivity index (χ3v) is 6.10. The van der Waals surface area contributed by atoms with Crippen LogP contribution in [0.25, 0.3) is 5.70 Å². The van der Waals surface area contributed by atoms with E-state index in [4.69, 9.17) is 0 Å². The fourth-order valence-corrected chi connectivity index (χ4v) is 4.55. The number of nitrogens with zero attached hydrogens (tertiary/aromatic N) is 3. The number of likely N-dealkylation sites (tertiary alicyclic amines) is 1. The molecule has 4 rings (SSSR count). The SMILES string of the molecule is Cc1cccc(C(=O)NCCN2CCCCC2)c1C1=C2NCCCC2CN=N1. The van der Waals surface area contributed by atoms with Crippen LogP contribution in [-0.4, -0.2) is 50.1 Å². The van der Waals surface area contributed by atoms with E-state index in [9.17, 15) is 4.79 Å². The van der Waals surface area contributed by atoms with Gasteiger partial charge in [0.05, 0.1) is 6.54 Å². The molecule has 6 heteroatoms. The molecule has 0 bridgehead atoms. The molecule has 1 aromatic carbocycles. The first-order valence-corrected chi connectivity index (χ1v) is 10.7. The molecule has 3 aliphatic rings. The number of hydrogen-bond acceptors (Lipinski definition) is 5. The van der Waals surface area contributed by atoms with E-state index < -0.39 is 0 Å². The first-order valence-electron chi connectivity index (χ1n) is 10.7. The number of carbonyl (C=O) groups excluding carboxylic acids is 1. The lowest BCUT2D eigenvalue weighted by Crippen LogP contribution is -2.38. The molecule has 2 N–H and O–H groups in total. The fourth-order valence-electron chi connectivity index (χ4n) is 4.55. The van der Waals surface area contributed by atoms with E-state index in [1.807, 2.05) is 12.1 Å². The number of aryl methyl sites for hydroxylation is 1. The average molecular weight is 382 g/mol. The van der Waals surface area contributed by atoms with Gasteiger partial charge >= 0.3 is 0 Å². The van der Waals surface area contributed by atoms with Crippen molar-refractivity contribution in [3.8, 4) is 0 Å². The molecule has 1 aromatic rings. The minimum Gasteiger partial charge on any atom is -0.386 e. The predicted molar refractivity (Wildman–Crippen MR) is 111 cm³/mol. The summed E-state index contributed by atoms with van der Waals surface area (Å²) in [5.41, 5.74) is 4.72. The molecule has 6 nitrogen and oxygen atoms in total. The Bertz CT molecular complexity index is 779. The number of amides is 1. The molecule has 0 saturated carbocycles. The van der Waals surface area contributed by atoms with Gasteiger partial charge in [-0.2, -0.15) is 10.2 Å². The van der Waals surface area contributed by atoms with Gasteiger partial charge in [-0.3, -0.25) is 4.79 Å². The summed E-state index contributed by atoms with van der Waals surface area (Å²) in [6, 6.07) is 5.92. The van der Waals surface area contributed by atoms with Crippen molar-refractivity contribution in [3.63, 3.8) is 0 Å². The molecule has 0 spiro atoms. The minimum absolute atomic E-state index is 0.0167. The number of hydrogen-bond donors (Lipinski definition) is 2. The molecule has 1 atom stereocenters. The molecule has 28 heavy (non-hydrogen) atoms. The molecule has 2 saturated heterocycles. The summed E-state index contributed by atoms with van der Waals surface area (Å²) in [5, 5.41) is 15.5. The van der Waals surface area contributed by atoms with Gasteiger partial charge in [-0.15, -0.1) is 0 Å². The van der Waals surface area contributed by atoms with Crippen LogP contribution < -0.4 is 10.6 Å². The monoisotopic (exact) mass is 381 g/mol. The average Bonchev–Trinajstić information content (AvgIpc) is 2.74. The van der Waals surface area contributed by atoms with E-state index in [1.165, 1.54) is 19.3 Å². The van der Waals surface area contributed by atoms with Gasteiger partial charge in [-0.05, 0) is 57.3 Å². The second-order valence-electron chi connectivity index (χ2n) is 8.11. The van der Waals surface area contributed by atoms with E-state index in [1.54, 1.807) is 0 Å². The Morgan fingerprint density at radius 3 is 2.96 bits per heavy atom. The highest BCUT2D eigenvalue weighted by molar-refractivity contribution is 6.00. The number of rotatable bonds is 5. The molecule has 0 radical (unpaired) electrons. The lowest BCUT2D eigenvalue weighted by Gasteiger charge is -2.30. The minimum atomic E-state index is -0.0167. The second-order valence-corrected chi connectivity index (χ2v) is 8.11. The van der Waals surface area contributed by atoms with E-state index in [-0.39, 0.29) is 5.91 Å². The van der Waals surface area contributed by atoms with Gasteiger partial charge in [-0.1, -0.05) is 18.6 Å². The van der Waals surface area contributed by atoms with E-state index >= 15 is 0 Å². The highest BCUT2D eigenvalue weighted by Crippen LogP contribution is 2.35. The molecule has 0 aliphatic carbocycles. The standard InChI is InChI=1S/C22H31N5O/c1-16-7-5-9-18(22(28)24-11-14-27-12-3-2-4-13-27)19(16)21-20-17(15-25-26-21)8-6-10-23-20/h5,7,9,17,23H,2-4,6,8,10-15H2,1H3,(H,24,28). The smallest absolute Gasteiger partial charge is 0.252 e. The zero-order valence-corrected chi connectivity index (χ0v) is 16.8. The quantitative estimate of drug-likeness (QED) is 0.822. The summed E-state index contributed by atoms with van der Waals surface area (Å²) >= 11 is 0. The molecule has 3 heterocycles. The summed E-state index contributed by atoms with van der Waals surface area (Å²) in [4.78, 5) is 15.5. The van der Waals surface area contributed by atoms with Crippen LogP contribution in [0.5, 0.6) is 0 Å². The molecule has 3 aliphatic heterocycles. The van der Waals surface area contributed by atoms with Crippen LogP contribution in [0.3, 0.4) is 0 Å². The first-order chi connectivity index (χ1) is 13.7. The van der Waals surface area contributed by atoms with Crippen LogP contribution in [0.4, 0.5) is 0 Å². The second kappa shape index (κ2) is 8.86. The Morgan fingerprint density at radius 2 is 2.11 bits per heavy atom. The van der Waals surface area contributed by atoms with Crippen molar-refractivity contribution in [3.05, 3.63) is 40.6 Å². The van der Waals surface area contributed by atoms with Crippen LogP contribution in [0, 0.1) is 12.8 Å². The lowest BCUT2D eigenvalue weighted by molar-refractivity contribution is 0.0946. The number of fused-ring (bicyclic) bond motifs is 1. The van der Waals surface area contributed by atoms with Gasteiger partial charge < -0.3 is 15.5 Å². The Morgan fingerprint density at radius 1 is 1.25 bits per heavy atom. The number of piperidine rings is 2. The molecule has 150 valence electrons. The predicted octanol–water partition coefficient (Wildman–Crippen LogP) is 3.34. The normalized spacial score (nSPS) is 22.5. The molecular formula is C22H31N5O. The summed E-state index contributed by atoms with van der Waals surface area (Å²) < 4.78 is 0. The van der Waals surface area contributed by atoms with Crippen LogP contribution >= 0.6 is 0 Å². The third-order valence-electron chi connectivity index (χ3n) is 6.10. The maximum atomic E-state index is 13.0. The van der Waals surface area contributed by atoms with Gasteiger partial charge in [0, 0.05) is 42.4 Å². The molecule has 2 fully saturated rings. The summed E-state index contributed by atoms with van der Waals surface area (Å²) in [5.74, 6) is 0.382. The van der Waals surface area contributed by atoms with Crippen LogP contribution in [-0.2, 0) is 0 Å². The molecule has 0 aromatic heterocycles. The molecular weight excluding hydrogens is 350 g/mol. The third kappa shape index (κ3) is 4.12. The highest BCUT2D eigenvalue weighted by atomic mass is 16.1. The van der Waals surface area contributed by atoms with Crippen molar-refractivity contribution in [1.82, 2.24) is 15.5 Å². The number of benzene rings is 1. The topological polar surface area (TPSA) is 69.1 Å². The van der Waals surface area contributed by atoms with Crippen molar-refractivity contribution >= 4 is 11.6 Å². The van der Waals surface area contributed by atoms with Crippen molar-refractivity contribution < 1.29 is 4.79 Å². The Balaban J connectivity index is 1.53. The zero-order valence-electron chi connectivity index (χ0n) is 16.8. The van der Waals surface area contributed by atoms with Crippen molar-refractivity contribution in [1.29, 1.82) is 0 Å². The molecule has 1 amide bonds. The maximum absolute atomic E-state index is 13.0. The zero-order chi connectivity index (χ0) is 19.3. The van der Waals surface area contributed by atoms with E-state index in [0.717, 1.165) is 68.1 Å². The fraction of sp³-hybridized carbons (Fsp3) is 0.591. The van der Waals surface area contributed by atoms with Crippen LogP contribution in [0.2, 0.25) is 0 Å². The Kier molecular flexibility index (Phi) is 6.05. The molecule has 1 unspecified atom stereocenters. The largest absolute Gasteiger partial charge is 0.386 e. The van der Waals surface area contributed by atoms with Gasteiger partial charge in [0.1, 0.15) is 5.70 Å². The van der Waals surface area contributed by atoms with Gasteiger partial charge in [0.2, 0.25) is 0 Å². The lowest BCUT2D eigenvalue weighted by atomic mass is 9.89. The summed E-state index contributed by atoms with van der Waals surface area (Å²) in [6.07, 6.45) is 6.16. The Hall–Kier alpha value is -2.21. The van der Waals surface area contributed by atoms with Crippen molar-refractivity contribution in [2.45, 2.75) is 39.0 Å². The number of nitrogens with one attached hydrogen (secondary N) is 2. The summed E-state index contributed by atoms with van der Waals surface area (Å²) in [7, 11) is 0. The van der Waals surface area contributed by atoms with Gasteiger partial charge in [0.25, 0.3) is 5.91 Å². The van der Waals surface area contributed by atoms with Crippen molar-refractivity contribution in [2.75, 3.05) is 39.3 Å². The Labute approximate surface area is 167 Å². The van der Waals surface area contributed by atoms with Crippen molar-refractivity contribution in [2.24, 2.45) is 16.1 Å².